The van der Waals surface area contributed by atoms with Crippen LogP contribution in [0.5, 0.6) is 0 Å². The van der Waals surface area contributed by atoms with Gasteiger partial charge in [-0.1, -0.05) is 41.5 Å². The maximum atomic E-state index is 12.3. The SMILES string of the molecule is CC(C)(C)C(=O)[C@H](CN)NC(=O)C(CC(=O)O)C(C)(C)C. The Balaban J connectivity index is 5.12. The summed E-state index contributed by atoms with van der Waals surface area (Å²) in [6.45, 7) is 10.6. The molecule has 2 atom stereocenters. The summed E-state index contributed by atoms with van der Waals surface area (Å²) in [6, 6.07) is -0.795. The van der Waals surface area contributed by atoms with Crippen LogP contribution in [0.2, 0.25) is 0 Å². The summed E-state index contributed by atoms with van der Waals surface area (Å²) >= 11 is 0. The Hall–Kier alpha value is -1.43. The van der Waals surface area contributed by atoms with Gasteiger partial charge in [-0.25, -0.2) is 0 Å². The van der Waals surface area contributed by atoms with Crippen LogP contribution in [0.4, 0.5) is 0 Å². The average Bonchev–Trinajstić information content (AvgIpc) is 2.29. The summed E-state index contributed by atoms with van der Waals surface area (Å²) in [6.07, 6.45) is -0.281. The van der Waals surface area contributed by atoms with Crippen molar-refractivity contribution in [2.24, 2.45) is 22.5 Å². The Kier molecular flexibility index (Phi) is 6.54. The van der Waals surface area contributed by atoms with Crippen LogP contribution in [-0.4, -0.2) is 35.4 Å². The highest BCUT2D eigenvalue weighted by Crippen LogP contribution is 2.29. The molecule has 0 bridgehead atoms. The van der Waals surface area contributed by atoms with Crippen molar-refractivity contribution < 1.29 is 19.5 Å². The molecule has 0 aliphatic heterocycles. The molecule has 0 rings (SSSR count). The van der Waals surface area contributed by atoms with Crippen molar-refractivity contribution in [3.8, 4) is 0 Å². The van der Waals surface area contributed by atoms with Crippen molar-refractivity contribution in [3.63, 3.8) is 0 Å². The molecule has 0 radical (unpaired) electrons. The molecule has 0 fully saturated rings. The quantitative estimate of drug-likeness (QED) is 0.682. The molecule has 6 nitrogen and oxygen atoms in total. The third-order valence-electron chi connectivity index (χ3n) is 3.35. The number of rotatable bonds is 6. The Bertz CT molecular complexity index is 405. The molecule has 4 N–H and O–H groups in total. The summed E-state index contributed by atoms with van der Waals surface area (Å²) in [7, 11) is 0. The first kappa shape index (κ1) is 19.6. The molecule has 0 saturated heterocycles. The van der Waals surface area contributed by atoms with Gasteiger partial charge < -0.3 is 16.2 Å². The second-order valence-corrected chi connectivity index (χ2v) is 7.43. The van der Waals surface area contributed by atoms with Gasteiger partial charge in [-0.3, -0.25) is 14.4 Å². The third-order valence-corrected chi connectivity index (χ3v) is 3.35. The predicted octanol–water partition coefficient (Wildman–Crippen LogP) is 1.18. The highest BCUT2D eigenvalue weighted by Gasteiger charge is 2.36. The predicted molar refractivity (Wildman–Crippen MR) is 80.6 cm³/mol. The molecule has 0 aromatic carbocycles. The van der Waals surface area contributed by atoms with Crippen LogP contribution in [0.15, 0.2) is 0 Å². The first-order valence-electron chi connectivity index (χ1n) is 7.07. The standard InChI is InChI=1S/C15H28N2O4/c1-14(2,3)9(7-11(18)19)13(21)17-10(8-16)12(20)15(4,5)6/h9-10H,7-8,16H2,1-6H3,(H,17,21)(H,18,19)/t9?,10-/m0/s1. The highest BCUT2D eigenvalue weighted by atomic mass is 16.4. The Morgan fingerprint density at radius 2 is 1.57 bits per heavy atom. The number of hydrogen-bond acceptors (Lipinski definition) is 4. The molecule has 1 unspecified atom stereocenters. The lowest BCUT2D eigenvalue weighted by Crippen LogP contribution is -2.53. The van der Waals surface area contributed by atoms with Gasteiger partial charge in [-0.15, -0.1) is 0 Å². The second kappa shape index (κ2) is 7.02. The number of hydrogen-bond donors (Lipinski definition) is 3. The van der Waals surface area contributed by atoms with Crippen molar-refractivity contribution in [1.29, 1.82) is 0 Å². The molecule has 0 aromatic rings. The van der Waals surface area contributed by atoms with E-state index in [-0.39, 0.29) is 18.7 Å². The molecule has 0 aromatic heterocycles. The maximum Gasteiger partial charge on any atom is 0.304 e. The van der Waals surface area contributed by atoms with E-state index in [9.17, 15) is 14.4 Å². The summed E-state index contributed by atoms with van der Waals surface area (Å²) in [5.41, 5.74) is 4.43. The van der Waals surface area contributed by atoms with Gasteiger partial charge in [0.15, 0.2) is 5.78 Å². The van der Waals surface area contributed by atoms with Crippen LogP contribution in [0, 0.1) is 16.7 Å². The van der Waals surface area contributed by atoms with E-state index in [0.717, 1.165) is 0 Å². The van der Waals surface area contributed by atoms with E-state index in [4.69, 9.17) is 10.8 Å². The van der Waals surface area contributed by atoms with E-state index in [1.807, 2.05) is 0 Å². The fourth-order valence-corrected chi connectivity index (χ4v) is 1.99. The van der Waals surface area contributed by atoms with Gasteiger partial charge in [0.05, 0.1) is 12.3 Å². The van der Waals surface area contributed by atoms with Crippen LogP contribution in [0.1, 0.15) is 48.0 Å². The molecular weight excluding hydrogens is 272 g/mol. The van der Waals surface area contributed by atoms with Crippen molar-refractivity contribution in [1.82, 2.24) is 5.32 Å². The lowest BCUT2D eigenvalue weighted by molar-refractivity contribution is -0.144. The van der Waals surface area contributed by atoms with Gasteiger partial charge >= 0.3 is 5.97 Å². The van der Waals surface area contributed by atoms with Crippen LogP contribution in [-0.2, 0) is 14.4 Å². The van der Waals surface area contributed by atoms with Gasteiger partial charge in [0.1, 0.15) is 6.04 Å². The molecule has 1 amide bonds. The zero-order chi connectivity index (χ0) is 17.0. The van der Waals surface area contributed by atoms with Crippen molar-refractivity contribution in [2.45, 2.75) is 54.0 Å². The number of aliphatic carboxylic acids is 1. The van der Waals surface area contributed by atoms with Crippen LogP contribution >= 0.6 is 0 Å². The molecule has 0 aliphatic carbocycles. The number of carbonyl (C=O) groups excluding carboxylic acids is 2. The Labute approximate surface area is 126 Å². The molecule has 0 heterocycles. The minimum absolute atomic E-state index is 0.00816. The Morgan fingerprint density at radius 3 is 1.86 bits per heavy atom. The minimum Gasteiger partial charge on any atom is -0.481 e. The smallest absolute Gasteiger partial charge is 0.304 e. The largest absolute Gasteiger partial charge is 0.481 e. The van der Waals surface area contributed by atoms with Crippen LogP contribution < -0.4 is 11.1 Å². The van der Waals surface area contributed by atoms with E-state index >= 15 is 0 Å². The molecular formula is C15H28N2O4. The summed E-state index contributed by atoms with van der Waals surface area (Å²) < 4.78 is 0. The Morgan fingerprint density at radius 1 is 1.10 bits per heavy atom. The fraction of sp³-hybridized carbons (Fsp3) is 0.800. The number of carboxylic acid groups (broad SMARTS) is 1. The van der Waals surface area contributed by atoms with Crippen molar-refractivity contribution >= 4 is 17.7 Å². The summed E-state index contributed by atoms with van der Waals surface area (Å²) in [5.74, 6) is -2.38. The number of nitrogens with two attached hydrogens (primary N) is 1. The number of carboxylic acids is 1. The molecule has 122 valence electrons. The molecule has 0 aliphatic rings. The van der Waals surface area contributed by atoms with Gasteiger partial charge in [0.2, 0.25) is 5.91 Å². The zero-order valence-corrected chi connectivity index (χ0v) is 13.8. The monoisotopic (exact) mass is 300 g/mol. The second-order valence-electron chi connectivity index (χ2n) is 7.43. The topological polar surface area (TPSA) is 109 Å². The summed E-state index contributed by atoms with van der Waals surface area (Å²) in [4.78, 5) is 35.5. The minimum atomic E-state index is -1.04. The van der Waals surface area contributed by atoms with E-state index in [1.54, 1.807) is 41.5 Å². The molecule has 6 heteroatoms. The summed E-state index contributed by atoms with van der Waals surface area (Å²) in [5, 5.41) is 11.6. The number of carbonyl (C=O) groups is 3. The van der Waals surface area contributed by atoms with Crippen molar-refractivity contribution in [2.75, 3.05) is 6.54 Å². The number of ketones is 1. The first-order chi connectivity index (χ1) is 9.30. The van der Waals surface area contributed by atoms with E-state index in [1.165, 1.54) is 0 Å². The van der Waals surface area contributed by atoms with Crippen molar-refractivity contribution in [3.05, 3.63) is 0 Å². The van der Waals surface area contributed by atoms with E-state index < -0.39 is 34.7 Å². The lowest BCUT2D eigenvalue weighted by Gasteiger charge is -2.31. The number of Topliss-reactive ketones (excluding diaryl/α,β-unsaturated/α-hetero) is 1. The first-order valence-corrected chi connectivity index (χ1v) is 7.07. The zero-order valence-electron chi connectivity index (χ0n) is 13.8. The molecule has 0 spiro atoms. The van der Waals surface area contributed by atoms with E-state index in [0.29, 0.717) is 0 Å². The van der Waals surface area contributed by atoms with Gasteiger partial charge in [0.25, 0.3) is 0 Å². The van der Waals surface area contributed by atoms with Crippen LogP contribution in [0.25, 0.3) is 0 Å². The number of nitrogens with one attached hydrogen (secondary N) is 1. The maximum absolute atomic E-state index is 12.3. The van der Waals surface area contributed by atoms with Gasteiger partial charge in [-0.2, -0.15) is 0 Å². The number of amides is 1. The van der Waals surface area contributed by atoms with Gasteiger partial charge in [0, 0.05) is 12.0 Å². The highest BCUT2D eigenvalue weighted by molar-refractivity contribution is 5.93. The van der Waals surface area contributed by atoms with E-state index in [2.05, 4.69) is 5.32 Å². The van der Waals surface area contributed by atoms with Crippen LogP contribution in [0.3, 0.4) is 0 Å². The fourth-order valence-electron chi connectivity index (χ4n) is 1.99. The normalized spacial score (nSPS) is 15.2. The average molecular weight is 300 g/mol. The van der Waals surface area contributed by atoms with Gasteiger partial charge in [-0.05, 0) is 5.41 Å². The molecule has 21 heavy (non-hydrogen) atoms. The lowest BCUT2D eigenvalue weighted by atomic mass is 9.77. The molecule has 0 saturated carbocycles. The third kappa shape index (κ3) is 6.25.